The van der Waals surface area contributed by atoms with Gasteiger partial charge in [0.25, 0.3) is 5.91 Å². The topological polar surface area (TPSA) is 37.4 Å². The van der Waals surface area contributed by atoms with E-state index < -0.39 is 0 Å². The van der Waals surface area contributed by atoms with Gasteiger partial charge >= 0.3 is 0 Å². The van der Waals surface area contributed by atoms with Crippen molar-refractivity contribution in [1.82, 2.24) is 4.90 Å². The van der Waals surface area contributed by atoms with E-state index in [1.54, 1.807) is 47.5 Å². The molecule has 1 amide bonds. The van der Waals surface area contributed by atoms with Gasteiger partial charge in [0.2, 0.25) is 0 Å². The smallest absolute Gasteiger partial charge is 0.258 e. The van der Waals surface area contributed by atoms with Gasteiger partial charge in [-0.1, -0.05) is 37.9 Å². The summed E-state index contributed by atoms with van der Waals surface area (Å²) in [6.07, 6.45) is 5.19. The first-order chi connectivity index (χ1) is 11.5. The summed E-state index contributed by atoms with van der Waals surface area (Å²) in [5.41, 5.74) is 1.78. The van der Waals surface area contributed by atoms with Crippen LogP contribution in [0.25, 0.3) is 0 Å². The molecule has 0 unspecified atom stereocenters. The van der Waals surface area contributed by atoms with Crippen LogP contribution in [0, 0.1) is 0 Å². The second-order valence-electron chi connectivity index (χ2n) is 5.31. The summed E-state index contributed by atoms with van der Waals surface area (Å²) < 4.78 is 1.84. The molecule has 0 atom stereocenters. The molecule has 2 aromatic rings. The molecule has 0 spiro atoms. The number of hydrogen-bond donors (Lipinski definition) is 0. The first-order valence-electron chi connectivity index (χ1n) is 7.29. The molecule has 5 heteroatoms. The molecule has 0 aliphatic carbocycles. The molecule has 0 aromatic heterocycles. The fourth-order valence-electron chi connectivity index (χ4n) is 2.38. The van der Waals surface area contributed by atoms with Crippen LogP contribution in [0.15, 0.2) is 81.4 Å². The van der Waals surface area contributed by atoms with Gasteiger partial charge in [-0.05, 0) is 54.6 Å². The van der Waals surface area contributed by atoms with Crippen LogP contribution in [0.4, 0.5) is 0 Å². The molecule has 1 heterocycles. The summed E-state index contributed by atoms with van der Waals surface area (Å²) in [4.78, 5) is 26.7. The Morgan fingerprint density at radius 1 is 0.833 bits per heavy atom. The van der Waals surface area contributed by atoms with Crippen molar-refractivity contribution in [1.29, 1.82) is 0 Å². The van der Waals surface area contributed by atoms with E-state index in [4.69, 9.17) is 0 Å². The van der Waals surface area contributed by atoms with Crippen LogP contribution in [0.1, 0.15) is 20.7 Å². The third-order valence-corrected chi connectivity index (χ3v) is 4.71. The summed E-state index contributed by atoms with van der Waals surface area (Å²) >= 11 is 6.71. The summed E-state index contributed by atoms with van der Waals surface area (Å²) in [6.45, 7) is 0.264. The number of benzene rings is 2. The molecular weight excluding hydrogens is 434 g/mol. The molecular formula is C19H13Br2NO2. The van der Waals surface area contributed by atoms with Gasteiger partial charge in [-0.15, -0.1) is 0 Å². The Hall–Kier alpha value is -1.98. The molecule has 0 fully saturated rings. The van der Waals surface area contributed by atoms with Crippen LogP contribution < -0.4 is 0 Å². The van der Waals surface area contributed by atoms with E-state index in [1.165, 1.54) is 0 Å². The standard InChI is InChI=1S/C19H13Br2NO2/c20-16-7-3-13(4-8-16)18(23)15-2-1-11-22(12-15)19(24)14-5-9-17(21)10-6-14/h1-11H,12H2. The predicted molar refractivity (Wildman–Crippen MR) is 101 cm³/mol. The second kappa shape index (κ2) is 7.28. The van der Waals surface area contributed by atoms with Gasteiger partial charge < -0.3 is 4.90 Å². The number of nitrogens with zero attached hydrogens (tertiary/aromatic N) is 1. The van der Waals surface area contributed by atoms with E-state index in [-0.39, 0.29) is 18.2 Å². The molecule has 120 valence electrons. The molecule has 3 nitrogen and oxygen atoms in total. The summed E-state index contributed by atoms with van der Waals surface area (Å²) in [5, 5.41) is 0. The third-order valence-electron chi connectivity index (χ3n) is 3.65. The van der Waals surface area contributed by atoms with Gasteiger partial charge in [-0.3, -0.25) is 9.59 Å². The van der Waals surface area contributed by atoms with Gasteiger partial charge in [-0.2, -0.15) is 0 Å². The average molecular weight is 447 g/mol. The van der Waals surface area contributed by atoms with Crippen molar-refractivity contribution in [2.75, 3.05) is 6.54 Å². The van der Waals surface area contributed by atoms with E-state index in [1.807, 2.05) is 24.3 Å². The fourth-order valence-corrected chi connectivity index (χ4v) is 2.91. The first kappa shape index (κ1) is 16.9. The maximum atomic E-state index is 12.6. The number of carbonyl (C=O) groups excluding carboxylic acids is 2. The largest absolute Gasteiger partial charge is 0.310 e. The summed E-state index contributed by atoms with van der Waals surface area (Å²) in [7, 11) is 0. The molecule has 3 rings (SSSR count). The number of allylic oxidation sites excluding steroid dienone is 2. The Labute approximate surface area is 156 Å². The minimum absolute atomic E-state index is 0.0690. The maximum absolute atomic E-state index is 12.6. The van der Waals surface area contributed by atoms with E-state index in [0.29, 0.717) is 16.7 Å². The lowest BCUT2D eigenvalue weighted by atomic mass is 10.0. The molecule has 0 N–H and O–H groups in total. The molecule has 0 radical (unpaired) electrons. The van der Waals surface area contributed by atoms with Gasteiger partial charge in [0, 0.05) is 31.8 Å². The fraction of sp³-hybridized carbons (Fsp3) is 0.0526. The monoisotopic (exact) mass is 445 g/mol. The van der Waals surface area contributed by atoms with E-state index in [2.05, 4.69) is 31.9 Å². The highest BCUT2D eigenvalue weighted by Gasteiger charge is 2.21. The molecule has 24 heavy (non-hydrogen) atoms. The molecule has 1 aliphatic heterocycles. The van der Waals surface area contributed by atoms with Crippen molar-refractivity contribution in [3.8, 4) is 0 Å². The van der Waals surface area contributed by atoms with Crippen LogP contribution in [0.3, 0.4) is 0 Å². The van der Waals surface area contributed by atoms with Crippen LogP contribution in [-0.2, 0) is 0 Å². The van der Waals surface area contributed by atoms with Gasteiger partial charge in [0.1, 0.15) is 0 Å². The van der Waals surface area contributed by atoms with Crippen LogP contribution in [0.5, 0.6) is 0 Å². The Morgan fingerprint density at radius 2 is 1.38 bits per heavy atom. The second-order valence-corrected chi connectivity index (χ2v) is 7.14. The minimum atomic E-state index is -0.132. The van der Waals surface area contributed by atoms with Gasteiger partial charge in [0.15, 0.2) is 5.78 Å². The highest BCUT2D eigenvalue weighted by atomic mass is 79.9. The van der Waals surface area contributed by atoms with E-state index in [9.17, 15) is 9.59 Å². The van der Waals surface area contributed by atoms with Crippen molar-refractivity contribution in [3.05, 3.63) is 92.5 Å². The minimum Gasteiger partial charge on any atom is -0.310 e. The molecule has 0 bridgehead atoms. The van der Waals surface area contributed by atoms with Crippen LogP contribution in [-0.4, -0.2) is 23.1 Å². The zero-order valence-electron chi connectivity index (χ0n) is 12.6. The lowest BCUT2D eigenvalue weighted by Crippen LogP contribution is -2.31. The number of Topliss-reactive ketones (excluding diaryl/α,β-unsaturated/α-hetero) is 1. The number of halogens is 2. The highest BCUT2D eigenvalue weighted by Crippen LogP contribution is 2.19. The summed E-state index contributed by atoms with van der Waals surface area (Å²) in [5.74, 6) is -0.201. The van der Waals surface area contributed by atoms with Crippen LogP contribution in [0.2, 0.25) is 0 Å². The lowest BCUT2D eigenvalue weighted by Gasteiger charge is -2.22. The lowest BCUT2D eigenvalue weighted by molar-refractivity contribution is 0.0827. The van der Waals surface area contributed by atoms with Gasteiger partial charge in [-0.25, -0.2) is 0 Å². The number of rotatable bonds is 3. The molecule has 0 saturated heterocycles. The van der Waals surface area contributed by atoms with E-state index >= 15 is 0 Å². The van der Waals surface area contributed by atoms with Crippen molar-refractivity contribution < 1.29 is 9.59 Å². The molecule has 2 aromatic carbocycles. The third kappa shape index (κ3) is 3.74. The molecule has 1 aliphatic rings. The first-order valence-corrected chi connectivity index (χ1v) is 8.87. The number of carbonyl (C=O) groups is 2. The van der Waals surface area contributed by atoms with Crippen molar-refractivity contribution in [3.63, 3.8) is 0 Å². The Kier molecular flexibility index (Phi) is 5.11. The number of amides is 1. The zero-order chi connectivity index (χ0) is 17.1. The Balaban J connectivity index is 1.76. The van der Waals surface area contributed by atoms with Gasteiger partial charge in [0.05, 0.1) is 6.54 Å². The molecule has 0 saturated carbocycles. The SMILES string of the molecule is O=C(C1=CC=CN(C(=O)c2ccc(Br)cc2)C1)c1ccc(Br)cc1. The Bertz CT molecular complexity index is 837. The van der Waals surface area contributed by atoms with Crippen molar-refractivity contribution >= 4 is 43.6 Å². The Morgan fingerprint density at radius 3 is 1.96 bits per heavy atom. The van der Waals surface area contributed by atoms with Crippen LogP contribution >= 0.6 is 31.9 Å². The normalized spacial score (nSPS) is 13.6. The van der Waals surface area contributed by atoms with E-state index in [0.717, 1.165) is 8.95 Å². The average Bonchev–Trinajstić information content (AvgIpc) is 2.62. The quantitative estimate of drug-likeness (QED) is 0.622. The van der Waals surface area contributed by atoms with Crippen molar-refractivity contribution in [2.24, 2.45) is 0 Å². The number of hydrogen-bond acceptors (Lipinski definition) is 2. The summed E-state index contributed by atoms with van der Waals surface area (Å²) in [6, 6.07) is 14.4. The zero-order valence-corrected chi connectivity index (χ0v) is 15.7. The number of ketones is 1. The predicted octanol–water partition coefficient (Wildman–Crippen LogP) is 4.99. The highest BCUT2D eigenvalue weighted by molar-refractivity contribution is 9.10. The van der Waals surface area contributed by atoms with Crippen molar-refractivity contribution in [2.45, 2.75) is 0 Å². The maximum Gasteiger partial charge on any atom is 0.258 e.